The van der Waals surface area contributed by atoms with E-state index in [1.165, 1.54) is 6.07 Å². The van der Waals surface area contributed by atoms with Gasteiger partial charge in [-0.05, 0) is 23.3 Å². The Morgan fingerprint density at radius 2 is 1.75 bits per heavy atom. The molecule has 0 radical (unpaired) electrons. The molecule has 0 fully saturated rings. The van der Waals surface area contributed by atoms with Gasteiger partial charge in [-0.3, -0.25) is 4.72 Å². The van der Waals surface area contributed by atoms with Gasteiger partial charge in [0.05, 0.1) is 5.75 Å². The minimum absolute atomic E-state index is 0.0510. The van der Waals surface area contributed by atoms with E-state index in [1.807, 2.05) is 47.2 Å². The van der Waals surface area contributed by atoms with E-state index in [0.29, 0.717) is 29.1 Å². The Bertz CT molecular complexity index is 1010. The molecule has 0 aliphatic carbocycles. The third kappa shape index (κ3) is 2.59. The van der Waals surface area contributed by atoms with E-state index in [1.54, 1.807) is 12.1 Å². The van der Waals surface area contributed by atoms with Crippen molar-refractivity contribution in [3.63, 3.8) is 0 Å². The summed E-state index contributed by atoms with van der Waals surface area (Å²) in [6.45, 7) is 0.398. The molecule has 0 spiro atoms. The van der Waals surface area contributed by atoms with E-state index in [2.05, 4.69) is 4.72 Å². The summed E-state index contributed by atoms with van der Waals surface area (Å²) in [5, 5.41) is 0. The van der Waals surface area contributed by atoms with Crippen LogP contribution in [0.25, 0.3) is 22.3 Å². The zero-order valence-corrected chi connectivity index (χ0v) is 13.6. The molecule has 2 aromatic carbocycles. The minimum Gasteiger partial charge on any atom is -0.332 e. The lowest BCUT2D eigenvalue weighted by Crippen LogP contribution is -2.27. The molecule has 0 unspecified atom stereocenters. The van der Waals surface area contributed by atoms with Crippen molar-refractivity contribution in [1.82, 2.24) is 4.57 Å². The van der Waals surface area contributed by atoms with Crippen LogP contribution in [-0.4, -0.2) is 18.7 Å². The minimum atomic E-state index is -3.32. The van der Waals surface area contributed by atoms with Crippen LogP contribution < -0.4 is 4.72 Å². The lowest BCUT2D eigenvalue weighted by Gasteiger charge is -2.19. The lowest BCUT2D eigenvalue weighted by molar-refractivity contribution is 0.588. The van der Waals surface area contributed by atoms with Gasteiger partial charge in [0, 0.05) is 23.9 Å². The summed E-state index contributed by atoms with van der Waals surface area (Å²) in [6, 6.07) is 16.1. The molecule has 0 atom stereocenters. The second-order valence-corrected chi connectivity index (χ2v) is 7.59. The number of hydrogen-bond donors (Lipinski definition) is 1. The molecular weight excluding hydrogens is 327 g/mol. The van der Waals surface area contributed by atoms with Gasteiger partial charge in [-0.25, -0.2) is 12.8 Å². The first-order valence-corrected chi connectivity index (χ1v) is 9.24. The molecule has 2 heterocycles. The number of halogens is 1. The quantitative estimate of drug-likeness (QED) is 0.772. The number of hydrogen-bond acceptors (Lipinski definition) is 2. The van der Waals surface area contributed by atoms with Crippen molar-refractivity contribution in [3.8, 4) is 22.3 Å². The Hall–Kier alpha value is -2.60. The zero-order valence-electron chi connectivity index (χ0n) is 12.7. The molecule has 1 aliphatic heterocycles. The molecule has 4 rings (SSSR count). The van der Waals surface area contributed by atoms with Crippen molar-refractivity contribution in [2.24, 2.45) is 0 Å². The van der Waals surface area contributed by atoms with Crippen LogP contribution in [0.2, 0.25) is 0 Å². The fourth-order valence-electron chi connectivity index (χ4n) is 2.96. The molecular formula is C18H15FN2O2S. The van der Waals surface area contributed by atoms with E-state index >= 15 is 0 Å². The van der Waals surface area contributed by atoms with Crippen LogP contribution in [0.1, 0.15) is 0 Å². The SMILES string of the molecule is O=S1(=O)CCn2ccc(-c3ccc(-c4ccccc4)c(F)c3)c2N1. The normalized spacial score (nSPS) is 15.5. The molecule has 0 bridgehead atoms. The molecule has 1 aromatic heterocycles. The van der Waals surface area contributed by atoms with E-state index in [4.69, 9.17) is 0 Å². The number of rotatable bonds is 2. The van der Waals surface area contributed by atoms with Gasteiger partial charge in [0.2, 0.25) is 10.0 Å². The zero-order chi connectivity index (χ0) is 16.7. The van der Waals surface area contributed by atoms with Crippen LogP contribution in [0.5, 0.6) is 0 Å². The molecule has 1 N–H and O–H groups in total. The lowest BCUT2D eigenvalue weighted by atomic mass is 10.0. The van der Waals surface area contributed by atoms with Crippen molar-refractivity contribution in [1.29, 1.82) is 0 Å². The number of benzene rings is 2. The fraction of sp³-hybridized carbons (Fsp3) is 0.111. The smallest absolute Gasteiger partial charge is 0.235 e. The second kappa shape index (κ2) is 5.49. The van der Waals surface area contributed by atoms with Gasteiger partial charge in [-0.15, -0.1) is 0 Å². The number of fused-ring (bicyclic) bond motifs is 1. The van der Waals surface area contributed by atoms with Crippen LogP contribution in [0.4, 0.5) is 10.2 Å². The Balaban J connectivity index is 1.77. The average molecular weight is 342 g/mol. The van der Waals surface area contributed by atoms with Gasteiger partial charge in [0.25, 0.3) is 0 Å². The molecule has 0 amide bonds. The highest BCUT2D eigenvalue weighted by atomic mass is 32.2. The molecule has 0 saturated heterocycles. The molecule has 24 heavy (non-hydrogen) atoms. The number of anilines is 1. The van der Waals surface area contributed by atoms with E-state index < -0.39 is 10.0 Å². The average Bonchev–Trinajstić information content (AvgIpc) is 2.97. The molecule has 122 valence electrons. The van der Waals surface area contributed by atoms with Crippen molar-refractivity contribution >= 4 is 15.8 Å². The van der Waals surface area contributed by atoms with Crippen molar-refractivity contribution < 1.29 is 12.8 Å². The molecule has 1 aliphatic rings. The van der Waals surface area contributed by atoms with E-state index in [9.17, 15) is 12.8 Å². The van der Waals surface area contributed by atoms with Crippen LogP contribution >= 0.6 is 0 Å². The van der Waals surface area contributed by atoms with Gasteiger partial charge < -0.3 is 4.57 Å². The van der Waals surface area contributed by atoms with Gasteiger partial charge >= 0.3 is 0 Å². The molecule has 3 aromatic rings. The van der Waals surface area contributed by atoms with E-state index in [0.717, 1.165) is 5.56 Å². The highest BCUT2D eigenvalue weighted by Crippen LogP contribution is 2.34. The number of nitrogens with one attached hydrogen (secondary N) is 1. The number of aromatic nitrogens is 1. The van der Waals surface area contributed by atoms with Crippen molar-refractivity contribution in [3.05, 3.63) is 66.6 Å². The number of sulfonamides is 1. The summed E-state index contributed by atoms with van der Waals surface area (Å²) in [6.07, 6.45) is 1.81. The van der Waals surface area contributed by atoms with Gasteiger partial charge in [-0.2, -0.15) is 0 Å². The predicted molar refractivity (Wildman–Crippen MR) is 92.7 cm³/mol. The maximum absolute atomic E-state index is 14.6. The van der Waals surface area contributed by atoms with Gasteiger partial charge in [0.1, 0.15) is 11.6 Å². The van der Waals surface area contributed by atoms with Crippen molar-refractivity contribution in [2.75, 3.05) is 10.5 Å². The van der Waals surface area contributed by atoms with Crippen LogP contribution in [0.15, 0.2) is 60.8 Å². The second-order valence-electron chi connectivity index (χ2n) is 5.75. The third-order valence-corrected chi connectivity index (χ3v) is 5.41. The topological polar surface area (TPSA) is 51.1 Å². The first-order valence-electron chi connectivity index (χ1n) is 7.58. The Morgan fingerprint density at radius 3 is 2.50 bits per heavy atom. The Morgan fingerprint density at radius 1 is 0.958 bits per heavy atom. The summed E-state index contributed by atoms with van der Waals surface area (Å²) in [5.41, 5.74) is 2.65. The number of aryl methyl sites for hydroxylation is 1. The molecule has 4 nitrogen and oxygen atoms in total. The number of nitrogens with zero attached hydrogens (tertiary/aromatic N) is 1. The van der Waals surface area contributed by atoms with Crippen LogP contribution in [-0.2, 0) is 16.6 Å². The monoisotopic (exact) mass is 342 g/mol. The summed E-state index contributed by atoms with van der Waals surface area (Å²) >= 11 is 0. The van der Waals surface area contributed by atoms with Gasteiger partial charge in [-0.1, -0.05) is 42.5 Å². The first-order chi connectivity index (χ1) is 11.5. The van der Waals surface area contributed by atoms with Crippen molar-refractivity contribution in [2.45, 2.75) is 6.54 Å². The highest BCUT2D eigenvalue weighted by Gasteiger charge is 2.23. The summed E-state index contributed by atoms with van der Waals surface area (Å²) in [5.74, 6) is 0.209. The maximum Gasteiger partial charge on any atom is 0.235 e. The van der Waals surface area contributed by atoms with E-state index in [-0.39, 0.29) is 11.6 Å². The highest BCUT2D eigenvalue weighted by molar-refractivity contribution is 7.92. The maximum atomic E-state index is 14.6. The van der Waals surface area contributed by atoms with Crippen LogP contribution in [0.3, 0.4) is 0 Å². The standard InChI is InChI=1S/C18H15FN2O2S/c19-17-12-14(6-7-15(17)13-4-2-1-3-5-13)16-8-9-21-10-11-24(22,23)20-18(16)21/h1-9,12,20H,10-11H2. The molecule has 6 heteroatoms. The summed E-state index contributed by atoms with van der Waals surface area (Å²) in [4.78, 5) is 0. The third-order valence-electron chi connectivity index (χ3n) is 4.18. The predicted octanol–water partition coefficient (Wildman–Crippen LogP) is 3.72. The largest absolute Gasteiger partial charge is 0.332 e. The first kappa shape index (κ1) is 15.0. The Labute approximate surface area is 139 Å². The fourth-order valence-corrected chi connectivity index (χ4v) is 4.02. The van der Waals surface area contributed by atoms with Gasteiger partial charge in [0.15, 0.2) is 0 Å². The molecule has 0 saturated carbocycles. The summed E-state index contributed by atoms with van der Waals surface area (Å²) < 4.78 is 42.6. The Kier molecular flexibility index (Phi) is 3.42. The van der Waals surface area contributed by atoms with Crippen LogP contribution in [0, 0.1) is 5.82 Å². The summed E-state index contributed by atoms with van der Waals surface area (Å²) in [7, 11) is -3.32.